The molecule has 1 heterocycles. The first-order valence-electron chi connectivity index (χ1n) is 10.1. The Morgan fingerprint density at radius 1 is 1.06 bits per heavy atom. The van der Waals surface area contributed by atoms with E-state index < -0.39 is 34.2 Å². The van der Waals surface area contributed by atoms with Crippen molar-refractivity contribution in [2.75, 3.05) is 0 Å². The SMILES string of the molecule is Cc1cccc(C2/C(=C(/O)c3ccc([N+](=O)[O-])cc3)C(=O)C(=O)N2Cc2ccc(F)cc2)c1. The van der Waals surface area contributed by atoms with E-state index in [2.05, 4.69) is 0 Å². The zero-order valence-corrected chi connectivity index (χ0v) is 17.6. The van der Waals surface area contributed by atoms with E-state index in [1.165, 1.54) is 53.4 Å². The van der Waals surface area contributed by atoms with Gasteiger partial charge in [0.1, 0.15) is 11.6 Å². The van der Waals surface area contributed by atoms with Crippen molar-refractivity contribution in [2.24, 2.45) is 0 Å². The van der Waals surface area contributed by atoms with Crippen LogP contribution >= 0.6 is 0 Å². The largest absolute Gasteiger partial charge is 0.507 e. The Balaban J connectivity index is 1.84. The minimum absolute atomic E-state index is 0.0283. The van der Waals surface area contributed by atoms with Gasteiger partial charge in [-0.05, 0) is 42.3 Å². The van der Waals surface area contributed by atoms with Crippen molar-refractivity contribution in [2.45, 2.75) is 19.5 Å². The molecule has 166 valence electrons. The summed E-state index contributed by atoms with van der Waals surface area (Å²) in [6.45, 7) is 1.90. The summed E-state index contributed by atoms with van der Waals surface area (Å²) >= 11 is 0. The summed E-state index contributed by atoms with van der Waals surface area (Å²) in [7, 11) is 0. The predicted octanol–water partition coefficient (Wildman–Crippen LogP) is 4.66. The predicted molar refractivity (Wildman–Crippen MR) is 119 cm³/mol. The number of aliphatic hydroxyl groups excluding tert-OH is 1. The summed E-state index contributed by atoms with van der Waals surface area (Å²) in [4.78, 5) is 37.7. The van der Waals surface area contributed by atoms with Crippen LogP contribution in [-0.4, -0.2) is 26.6 Å². The van der Waals surface area contributed by atoms with Gasteiger partial charge >= 0.3 is 0 Å². The van der Waals surface area contributed by atoms with Gasteiger partial charge in [-0.2, -0.15) is 0 Å². The lowest BCUT2D eigenvalue weighted by Gasteiger charge is -2.25. The van der Waals surface area contributed by atoms with Gasteiger partial charge in [-0.1, -0.05) is 42.0 Å². The Labute approximate surface area is 188 Å². The number of hydrogen-bond acceptors (Lipinski definition) is 5. The molecule has 0 spiro atoms. The Hall–Kier alpha value is -4.33. The first-order chi connectivity index (χ1) is 15.8. The summed E-state index contributed by atoms with van der Waals surface area (Å²) in [5.74, 6) is -2.50. The highest BCUT2D eigenvalue weighted by molar-refractivity contribution is 6.46. The summed E-state index contributed by atoms with van der Waals surface area (Å²) in [5.41, 5.74) is 2.04. The maximum atomic E-state index is 13.3. The van der Waals surface area contributed by atoms with Crippen LogP contribution in [0.2, 0.25) is 0 Å². The monoisotopic (exact) mass is 446 g/mol. The highest BCUT2D eigenvalue weighted by atomic mass is 19.1. The van der Waals surface area contributed by atoms with Gasteiger partial charge in [0, 0.05) is 24.2 Å². The van der Waals surface area contributed by atoms with Crippen LogP contribution in [0.3, 0.4) is 0 Å². The lowest BCUT2D eigenvalue weighted by Crippen LogP contribution is -2.29. The normalized spacial score (nSPS) is 17.4. The molecule has 1 aliphatic rings. The Bertz CT molecular complexity index is 1280. The maximum Gasteiger partial charge on any atom is 0.295 e. The first-order valence-corrected chi connectivity index (χ1v) is 10.1. The molecule has 3 aromatic carbocycles. The first kappa shape index (κ1) is 21.9. The van der Waals surface area contributed by atoms with Gasteiger partial charge in [0.05, 0.1) is 16.5 Å². The number of carbonyl (C=O) groups excluding carboxylic acids is 2. The average molecular weight is 446 g/mol. The molecule has 0 radical (unpaired) electrons. The minimum Gasteiger partial charge on any atom is -0.507 e. The van der Waals surface area contributed by atoms with Crippen LogP contribution < -0.4 is 0 Å². The van der Waals surface area contributed by atoms with Gasteiger partial charge in [-0.25, -0.2) is 4.39 Å². The molecule has 0 aliphatic carbocycles. The van der Waals surface area contributed by atoms with E-state index in [1.54, 1.807) is 12.1 Å². The summed E-state index contributed by atoms with van der Waals surface area (Å²) in [6.07, 6.45) is 0. The van der Waals surface area contributed by atoms with Crippen molar-refractivity contribution < 1.29 is 24.0 Å². The molecule has 0 aromatic heterocycles. The average Bonchev–Trinajstić information content (AvgIpc) is 3.05. The van der Waals surface area contributed by atoms with Crippen LogP contribution in [-0.2, 0) is 16.1 Å². The van der Waals surface area contributed by atoms with E-state index in [9.17, 15) is 29.2 Å². The van der Waals surface area contributed by atoms with E-state index in [1.807, 2.05) is 19.1 Å². The van der Waals surface area contributed by atoms with Crippen LogP contribution in [0.4, 0.5) is 10.1 Å². The van der Waals surface area contributed by atoms with Crippen LogP contribution in [0, 0.1) is 22.9 Å². The fourth-order valence-electron chi connectivity index (χ4n) is 3.91. The number of benzene rings is 3. The Morgan fingerprint density at radius 3 is 2.33 bits per heavy atom. The number of aliphatic hydroxyl groups is 1. The number of amides is 1. The zero-order valence-electron chi connectivity index (χ0n) is 17.6. The van der Waals surface area contributed by atoms with Crippen molar-refractivity contribution in [3.05, 3.63) is 117 Å². The maximum absolute atomic E-state index is 13.3. The van der Waals surface area contributed by atoms with Crippen molar-refractivity contribution in [1.29, 1.82) is 0 Å². The number of ketones is 1. The molecule has 33 heavy (non-hydrogen) atoms. The third-order valence-corrected chi connectivity index (χ3v) is 5.52. The minimum atomic E-state index is -0.884. The van der Waals surface area contributed by atoms with Gasteiger partial charge in [0.2, 0.25) is 0 Å². The molecule has 0 saturated carbocycles. The standard InChI is InChI=1S/C25H19FN2O5/c1-15-3-2-4-18(13-15)22-21(23(29)17-7-11-20(12-8-17)28(32)33)24(30)25(31)27(22)14-16-5-9-19(26)10-6-16/h2-13,22,29H,14H2,1H3/b23-21-. The summed E-state index contributed by atoms with van der Waals surface area (Å²) < 4.78 is 13.3. The Kier molecular flexibility index (Phi) is 5.74. The van der Waals surface area contributed by atoms with Crippen LogP contribution in [0.15, 0.2) is 78.4 Å². The molecule has 4 rings (SSSR count). The number of hydrogen-bond donors (Lipinski definition) is 1. The second-order valence-corrected chi connectivity index (χ2v) is 7.77. The second kappa shape index (κ2) is 8.66. The van der Waals surface area contributed by atoms with E-state index in [-0.39, 0.29) is 23.4 Å². The molecule has 8 heteroatoms. The molecular formula is C25H19FN2O5. The van der Waals surface area contributed by atoms with Gasteiger partial charge in [-0.3, -0.25) is 19.7 Å². The fourth-order valence-corrected chi connectivity index (χ4v) is 3.91. The smallest absolute Gasteiger partial charge is 0.295 e. The van der Waals surface area contributed by atoms with Gasteiger partial charge in [0.15, 0.2) is 0 Å². The van der Waals surface area contributed by atoms with Crippen molar-refractivity contribution >= 4 is 23.1 Å². The molecule has 1 aliphatic heterocycles. The summed E-state index contributed by atoms with van der Waals surface area (Å²) in [6, 6.07) is 17.0. The molecule has 1 atom stereocenters. The van der Waals surface area contributed by atoms with E-state index in [0.29, 0.717) is 11.1 Å². The number of rotatable bonds is 5. The van der Waals surface area contributed by atoms with E-state index >= 15 is 0 Å². The van der Waals surface area contributed by atoms with Crippen molar-refractivity contribution in [3.63, 3.8) is 0 Å². The van der Waals surface area contributed by atoms with Crippen molar-refractivity contribution in [3.8, 4) is 0 Å². The lowest BCUT2D eigenvalue weighted by molar-refractivity contribution is -0.384. The van der Waals surface area contributed by atoms with E-state index in [0.717, 1.165) is 5.56 Å². The van der Waals surface area contributed by atoms with E-state index in [4.69, 9.17) is 0 Å². The van der Waals surface area contributed by atoms with Gasteiger partial charge in [-0.15, -0.1) is 0 Å². The molecule has 1 saturated heterocycles. The zero-order chi connectivity index (χ0) is 23.7. The number of aryl methyl sites for hydroxylation is 1. The number of Topliss-reactive ketones (excluding diaryl/α,β-unsaturated/α-hetero) is 1. The number of nitrogens with zero attached hydrogens (tertiary/aromatic N) is 2. The molecule has 1 N–H and O–H groups in total. The number of nitro groups is 1. The number of nitro benzene ring substituents is 1. The number of carbonyl (C=O) groups is 2. The topological polar surface area (TPSA) is 101 Å². The summed E-state index contributed by atoms with van der Waals surface area (Å²) in [5, 5.41) is 22.0. The molecular weight excluding hydrogens is 427 g/mol. The molecule has 1 unspecified atom stereocenters. The Morgan fingerprint density at radius 2 is 1.73 bits per heavy atom. The number of likely N-dealkylation sites (tertiary alicyclic amines) is 1. The highest BCUT2D eigenvalue weighted by Gasteiger charge is 2.46. The quantitative estimate of drug-likeness (QED) is 0.202. The van der Waals surface area contributed by atoms with Gasteiger partial charge in [0.25, 0.3) is 17.4 Å². The second-order valence-electron chi connectivity index (χ2n) is 7.77. The molecule has 0 bridgehead atoms. The third-order valence-electron chi connectivity index (χ3n) is 5.52. The number of non-ortho nitro benzene ring substituents is 1. The molecule has 3 aromatic rings. The third kappa shape index (κ3) is 4.23. The van der Waals surface area contributed by atoms with Crippen LogP contribution in [0.5, 0.6) is 0 Å². The van der Waals surface area contributed by atoms with Gasteiger partial charge < -0.3 is 10.0 Å². The highest BCUT2D eigenvalue weighted by Crippen LogP contribution is 2.40. The molecule has 1 amide bonds. The number of halogens is 1. The van der Waals surface area contributed by atoms with Crippen molar-refractivity contribution in [1.82, 2.24) is 4.90 Å². The fraction of sp³-hybridized carbons (Fsp3) is 0.120. The van der Waals surface area contributed by atoms with Crippen LogP contribution in [0.1, 0.15) is 28.3 Å². The lowest BCUT2D eigenvalue weighted by atomic mass is 9.94. The van der Waals surface area contributed by atoms with Crippen LogP contribution in [0.25, 0.3) is 5.76 Å². The molecule has 7 nitrogen and oxygen atoms in total. The molecule has 1 fully saturated rings.